The van der Waals surface area contributed by atoms with Gasteiger partial charge >= 0.3 is 0 Å². The maximum atomic E-state index is 13.7. The molecule has 0 aromatic heterocycles. The molecular formula is C49H49N3O7S2. The Balaban J connectivity index is 1.10. The lowest BCUT2D eigenvalue weighted by Gasteiger charge is -2.43. The number of anilines is 1. The van der Waals surface area contributed by atoms with E-state index in [1.807, 2.05) is 128 Å². The number of ether oxygens (including phenoxy) is 2. The molecule has 7 rings (SSSR count). The average molecular weight is 856 g/mol. The number of aliphatic hydroxyl groups excluding tert-OH is 1. The number of sulfonamides is 1. The van der Waals surface area contributed by atoms with Gasteiger partial charge in [0.05, 0.1) is 23.7 Å². The van der Waals surface area contributed by atoms with Gasteiger partial charge in [0.2, 0.25) is 21.8 Å². The molecule has 0 aliphatic carbocycles. The Kier molecular flexibility index (Phi) is 14.5. The SMILES string of the molecule is CC(=O)Nc1ccc(SCC2OC(c3ccc(CNC(=O)C(Cc4ccccc4)NS(=O)(=O)c4ccc(C)cc4)cc3)OC(c3ccc(CO)cc3)C2c2ccccc2)cc1. The van der Waals surface area contributed by atoms with Crippen molar-refractivity contribution in [3.05, 3.63) is 197 Å². The molecule has 5 unspecified atom stereocenters. The number of aliphatic hydroxyl groups is 1. The first-order chi connectivity index (χ1) is 29.5. The minimum Gasteiger partial charge on any atom is -0.392 e. The van der Waals surface area contributed by atoms with Gasteiger partial charge in [0.1, 0.15) is 6.04 Å². The van der Waals surface area contributed by atoms with E-state index in [9.17, 15) is 23.1 Å². The van der Waals surface area contributed by atoms with Gasteiger partial charge in [-0.3, -0.25) is 9.59 Å². The average Bonchev–Trinajstić information content (AvgIpc) is 3.28. The fourth-order valence-electron chi connectivity index (χ4n) is 7.28. The van der Waals surface area contributed by atoms with E-state index in [2.05, 4.69) is 27.5 Å². The Labute approximate surface area is 361 Å². The van der Waals surface area contributed by atoms with Crippen LogP contribution in [0.3, 0.4) is 0 Å². The van der Waals surface area contributed by atoms with E-state index in [0.717, 1.165) is 49.5 Å². The molecule has 5 atom stereocenters. The van der Waals surface area contributed by atoms with Gasteiger partial charge < -0.3 is 25.2 Å². The first kappa shape index (κ1) is 43.5. The number of nitrogens with one attached hydrogen (secondary N) is 3. The monoisotopic (exact) mass is 855 g/mol. The zero-order chi connectivity index (χ0) is 42.8. The van der Waals surface area contributed by atoms with Crippen LogP contribution in [0.1, 0.15) is 64.2 Å². The summed E-state index contributed by atoms with van der Waals surface area (Å²) in [6.07, 6.45) is -1.26. The summed E-state index contributed by atoms with van der Waals surface area (Å²) < 4.78 is 43.2. The number of amides is 2. The van der Waals surface area contributed by atoms with Gasteiger partial charge in [0.25, 0.3) is 0 Å². The summed E-state index contributed by atoms with van der Waals surface area (Å²) >= 11 is 1.66. The lowest BCUT2D eigenvalue weighted by Crippen LogP contribution is -2.47. The quantitative estimate of drug-likeness (QED) is 0.0712. The van der Waals surface area contributed by atoms with Crippen molar-refractivity contribution in [1.29, 1.82) is 0 Å². The molecule has 0 spiro atoms. The van der Waals surface area contributed by atoms with Crippen molar-refractivity contribution in [3.63, 3.8) is 0 Å². The predicted molar refractivity (Wildman–Crippen MR) is 238 cm³/mol. The molecule has 314 valence electrons. The molecule has 61 heavy (non-hydrogen) atoms. The number of benzene rings is 6. The van der Waals surface area contributed by atoms with E-state index in [4.69, 9.17) is 9.47 Å². The minimum atomic E-state index is -3.99. The van der Waals surface area contributed by atoms with Crippen molar-refractivity contribution in [1.82, 2.24) is 10.0 Å². The molecule has 1 heterocycles. The fourth-order valence-corrected chi connectivity index (χ4v) is 9.45. The van der Waals surface area contributed by atoms with Gasteiger partial charge in [-0.15, -0.1) is 11.8 Å². The molecule has 1 saturated heterocycles. The van der Waals surface area contributed by atoms with Crippen LogP contribution in [0.25, 0.3) is 0 Å². The van der Waals surface area contributed by atoms with Crippen molar-refractivity contribution in [2.75, 3.05) is 11.1 Å². The fraction of sp³-hybridized carbons (Fsp3) is 0.224. The Bertz CT molecular complexity index is 2470. The zero-order valence-electron chi connectivity index (χ0n) is 33.9. The molecular weight excluding hydrogens is 807 g/mol. The summed E-state index contributed by atoms with van der Waals surface area (Å²) in [6, 6.07) is 48.1. The number of carbonyl (C=O) groups is 2. The molecule has 12 heteroatoms. The van der Waals surface area contributed by atoms with Crippen molar-refractivity contribution in [2.45, 2.75) is 73.7 Å². The summed E-state index contributed by atoms with van der Waals surface area (Å²) in [7, 11) is -3.99. The smallest absolute Gasteiger partial charge is 0.241 e. The second kappa shape index (κ2) is 20.3. The zero-order valence-corrected chi connectivity index (χ0v) is 35.6. The molecule has 6 aromatic carbocycles. The molecule has 0 saturated carbocycles. The molecule has 4 N–H and O–H groups in total. The van der Waals surface area contributed by atoms with Crippen LogP contribution in [0.4, 0.5) is 5.69 Å². The van der Waals surface area contributed by atoms with Gasteiger partial charge in [-0.05, 0) is 77.6 Å². The highest BCUT2D eigenvalue weighted by molar-refractivity contribution is 7.99. The Morgan fingerprint density at radius 2 is 1.33 bits per heavy atom. The van der Waals surface area contributed by atoms with Gasteiger partial charge in [-0.25, -0.2) is 8.42 Å². The highest BCUT2D eigenvalue weighted by Crippen LogP contribution is 2.48. The molecule has 0 radical (unpaired) electrons. The highest BCUT2D eigenvalue weighted by atomic mass is 32.2. The van der Waals surface area contributed by atoms with E-state index in [1.165, 1.54) is 19.1 Å². The van der Waals surface area contributed by atoms with Crippen molar-refractivity contribution < 1.29 is 32.6 Å². The lowest BCUT2D eigenvalue weighted by atomic mass is 9.84. The molecule has 2 amide bonds. The molecule has 1 aliphatic rings. The van der Waals surface area contributed by atoms with E-state index in [0.29, 0.717) is 5.75 Å². The third-order valence-electron chi connectivity index (χ3n) is 10.5. The topological polar surface area (TPSA) is 143 Å². The second-order valence-corrected chi connectivity index (χ2v) is 17.9. The van der Waals surface area contributed by atoms with Gasteiger partial charge in [-0.2, -0.15) is 4.72 Å². The predicted octanol–water partition coefficient (Wildman–Crippen LogP) is 8.38. The second-order valence-electron chi connectivity index (χ2n) is 15.1. The number of carbonyl (C=O) groups excluding carboxylic acids is 2. The molecule has 1 aliphatic heterocycles. The van der Waals surface area contributed by atoms with E-state index in [-0.39, 0.29) is 42.4 Å². The first-order valence-electron chi connectivity index (χ1n) is 20.1. The van der Waals surface area contributed by atoms with Crippen LogP contribution in [0.2, 0.25) is 0 Å². The van der Waals surface area contributed by atoms with E-state index >= 15 is 0 Å². The van der Waals surface area contributed by atoms with Crippen LogP contribution in [-0.4, -0.2) is 43.2 Å². The Morgan fingerprint density at radius 3 is 1.97 bits per heavy atom. The van der Waals surface area contributed by atoms with E-state index < -0.39 is 34.4 Å². The maximum Gasteiger partial charge on any atom is 0.241 e. The van der Waals surface area contributed by atoms with Crippen molar-refractivity contribution in [3.8, 4) is 0 Å². The van der Waals surface area contributed by atoms with Crippen LogP contribution in [0.15, 0.2) is 168 Å². The molecule has 6 aromatic rings. The summed E-state index contributed by atoms with van der Waals surface area (Å²) in [6.45, 7) is 3.46. The lowest BCUT2D eigenvalue weighted by molar-refractivity contribution is -0.255. The van der Waals surface area contributed by atoms with Crippen LogP contribution in [0, 0.1) is 6.92 Å². The van der Waals surface area contributed by atoms with Crippen LogP contribution >= 0.6 is 11.8 Å². The van der Waals surface area contributed by atoms with Crippen molar-refractivity contribution in [2.24, 2.45) is 0 Å². The molecule has 0 bridgehead atoms. The molecule has 10 nitrogen and oxygen atoms in total. The summed E-state index contributed by atoms with van der Waals surface area (Å²) in [5.74, 6) is -0.151. The maximum absolute atomic E-state index is 13.7. The minimum absolute atomic E-state index is 0.0663. The van der Waals surface area contributed by atoms with Crippen LogP contribution < -0.4 is 15.4 Å². The molecule has 1 fully saturated rings. The third-order valence-corrected chi connectivity index (χ3v) is 13.1. The van der Waals surface area contributed by atoms with Crippen LogP contribution in [-0.2, 0) is 48.7 Å². The summed E-state index contributed by atoms with van der Waals surface area (Å²) in [4.78, 5) is 26.4. The summed E-state index contributed by atoms with van der Waals surface area (Å²) in [5, 5.41) is 15.6. The van der Waals surface area contributed by atoms with E-state index in [1.54, 1.807) is 23.9 Å². The van der Waals surface area contributed by atoms with Gasteiger partial charge in [0, 0.05) is 41.3 Å². The third kappa shape index (κ3) is 11.6. The number of thioether (sulfide) groups is 1. The Morgan fingerprint density at radius 1 is 0.705 bits per heavy atom. The number of hydrogen-bond donors (Lipinski definition) is 4. The largest absolute Gasteiger partial charge is 0.392 e. The van der Waals surface area contributed by atoms with Gasteiger partial charge in [0.15, 0.2) is 6.29 Å². The standard InChI is InChI=1S/C49H49N3O7S2/c1-33-13-27-43(28-14-33)61(56,57)52-44(29-35-9-5-3-6-10-35)48(55)50-30-36-15-21-40(22-16-36)49-58-45(32-60-42-25-23-41(24-26-42)51-34(2)54)46(38-11-7-4-8-12-38)47(59-49)39-19-17-37(31-53)18-20-39/h3-28,44-47,49,52-53H,29-32H2,1-2H3,(H,50,55)(H,51,54). The number of rotatable bonds is 16. The van der Waals surface area contributed by atoms with Crippen LogP contribution in [0.5, 0.6) is 0 Å². The Hall–Kier alpha value is -5.60. The number of aryl methyl sites for hydroxylation is 1. The summed E-state index contributed by atoms with van der Waals surface area (Å²) in [5.41, 5.74) is 6.90. The normalized spacial score (nSPS) is 18.2. The first-order valence-corrected chi connectivity index (χ1v) is 22.6. The van der Waals surface area contributed by atoms with Gasteiger partial charge in [-0.1, -0.05) is 127 Å². The number of hydrogen-bond acceptors (Lipinski definition) is 8. The van der Waals surface area contributed by atoms with Crippen molar-refractivity contribution >= 4 is 39.3 Å². The highest BCUT2D eigenvalue weighted by Gasteiger charge is 2.42.